The van der Waals surface area contributed by atoms with E-state index in [4.69, 9.17) is 10.00 Å². The molecule has 20 heavy (non-hydrogen) atoms. The molecular weight excluding hydrogens is 252 g/mol. The average molecular weight is 272 g/mol. The van der Waals surface area contributed by atoms with Crippen molar-refractivity contribution in [2.24, 2.45) is 0 Å². The molecule has 5 heteroatoms. The van der Waals surface area contributed by atoms with E-state index in [0.29, 0.717) is 0 Å². The molecule has 1 aromatic rings. The summed E-state index contributed by atoms with van der Waals surface area (Å²) >= 11 is 0. The number of ether oxygens (including phenoxy) is 1. The highest BCUT2D eigenvalue weighted by molar-refractivity contribution is 5.73. The van der Waals surface area contributed by atoms with Crippen LogP contribution in [0.25, 0.3) is 0 Å². The van der Waals surface area contributed by atoms with Crippen molar-refractivity contribution in [2.45, 2.75) is 0 Å². The number of rotatable bonds is 2. The van der Waals surface area contributed by atoms with Crippen LogP contribution < -0.4 is 15.1 Å². The zero-order chi connectivity index (χ0) is 13.8. The van der Waals surface area contributed by atoms with Crippen LogP contribution in [0.5, 0.6) is 0 Å². The van der Waals surface area contributed by atoms with Crippen molar-refractivity contribution in [1.82, 2.24) is 5.32 Å². The minimum atomic E-state index is 0.727. The van der Waals surface area contributed by atoms with Crippen molar-refractivity contribution < 1.29 is 4.74 Å². The Morgan fingerprint density at radius 2 is 1.70 bits per heavy atom. The van der Waals surface area contributed by atoms with Crippen molar-refractivity contribution in [3.05, 3.63) is 23.8 Å². The summed E-state index contributed by atoms with van der Waals surface area (Å²) in [6.45, 7) is 7.38. The molecule has 0 radical (unpaired) electrons. The minimum Gasteiger partial charge on any atom is -0.378 e. The van der Waals surface area contributed by atoms with Crippen LogP contribution in [0.4, 0.5) is 11.4 Å². The van der Waals surface area contributed by atoms with E-state index in [9.17, 15) is 0 Å². The van der Waals surface area contributed by atoms with Crippen LogP contribution in [0.15, 0.2) is 18.2 Å². The maximum absolute atomic E-state index is 9.14. The van der Waals surface area contributed by atoms with E-state index in [1.807, 2.05) is 12.1 Å². The van der Waals surface area contributed by atoms with Gasteiger partial charge in [0.05, 0.1) is 36.2 Å². The average Bonchev–Trinajstić information content (AvgIpc) is 2.56. The molecule has 0 aromatic heterocycles. The van der Waals surface area contributed by atoms with Crippen molar-refractivity contribution in [2.75, 3.05) is 62.3 Å². The third-order valence-electron chi connectivity index (χ3n) is 3.91. The van der Waals surface area contributed by atoms with Gasteiger partial charge in [-0.15, -0.1) is 0 Å². The number of nitriles is 1. The minimum absolute atomic E-state index is 0.727. The fourth-order valence-corrected chi connectivity index (χ4v) is 2.82. The molecule has 0 aliphatic carbocycles. The van der Waals surface area contributed by atoms with Gasteiger partial charge in [0.1, 0.15) is 0 Å². The highest BCUT2D eigenvalue weighted by atomic mass is 16.5. The molecule has 2 aliphatic rings. The first kappa shape index (κ1) is 13.2. The highest BCUT2D eigenvalue weighted by Crippen LogP contribution is 2.31. The van der Waals surface area contributed by atoms with Gasteiger partial charge in [-0.25, -0.2) is 0 Å². The van der Waals surface area contributed by atoms with Gasteiger partial charge in [-0.3, -0.25) is 0 Å². The van der Waals surface area contributed by atoms with Crippen LogP contribution in [0.1, 0.15) is 5.56 Å². The molecule has 2 heterocycles. The van der Waals surface area contributed by atoms with Crippen LogP contribution in [0.3, 0.4) is 0 Å². The number of anilines is 2. The van der Waals surface area contributed by atoms with E-state index >= 15 is 0 Å². The molecule has 0 unspecified atom stereocenters. The van der Waals surface area contributed by atoms with Crippen LogP contribution >= 0.6 is 0 Å². The Bertz CT molecular complexity index is 499. The summed E-state index contributed by atoms with van der Waals surface area (Å²) in [5, 5.41) is 12.5. The molecule has 0 atom stereocenters. The summed E-state index contributed by atoms with van der Waals surface area (Å²) < 4.78 is 5.43. The predicted octanol–water partition coefficient (Wildman–Crippen LogP) is 0.804. The summed E-state index contributed by atoms with van der Waals surface area (Å²) in [6, 6.07) is 8.27. The maximum atomic E-state index is 9.14. The second-order valence-electron chi connectivity index (χ2n) is 5.15. The number of morpholine rings is 1. The Balaban J connectivity index is 1.92. The monoisotopic (exact) mass is 272 g/mol. The van der Waals surface area contributed by atoms with Crippen LogP contribution in [0.2, 0.25) is 0 Å². The highest BCUT2D eigenvalue weighted by Gasteiger charge is 2.20. The number of nitrogens with one attached hydrogen (secondary N) is 1. The lowest BCUT2D eigenvalue weighted by Crippen LogP contribution is -2.45. The zero-order valence-corrected chi connectivity index (χ0v) is 11.6. The molecule has 1 N–H and O–H groups in total. The Labute approximate surface area is 119 Å². The second-order valence-corrected chi connectivity index (χ2v) is 5.15. The molecule has 1 aromatic carbocycles. The largest absolute Gasteiger partial charge is 0.378 e. The first-order valence-electron chi connectivity index (χ1n) is 7.21. The third-order valence-corrected chi connectivity index (χ3v) is 3.91. The van der Waals surface area contributed by atoms with Gasteiger partial charge >= 0.3 is 0 Å². The van der Waals surface area contributed by atoms with Crippen molar-refractivity contribution in [1.29, 1.82) is 5.26 Å². The summed E-state index contributed by atoms with van der Waals surface area (Å²) in [6.07, 6.45) is 0. The molecule has 0 bridgehead atoms. The van der Waals surface area contributed by atoms with E-state index in [0.717, 1.165) is 58.0 Å². The summed E-state index contributed by atoms with van der Waals surface area (Å²) in [7, 11) is 0. The number of nitrogens with zero attached hydrogens (tertiary/aromatic N) is 3. The Kier molecular flexibility index (Phi) is 4.05. The number of benzene rings is 1. The second kappa shape index (κ2) is 6.12. The molecular formula is C15H20N4O. The number of piperazine rings is 1. The maximum Gasteiger partial charge on any atom is 0.0992 e. The van der Waals surface area contributed by atoms with Gasteiger partial charge in [0.15, 0.2) is 0 Å². The topological polar surface area (TPSA) is 51.5 Å². The fraction of sp³-hybridized carbons (Fsp3) is 0.533. The van der Waals surface area contributed by atoms with Gasteiger partial charge in [-0.1, -0.05) is 0 Å². The first-order chi connectivity index (χ1) is 9.88. The first-order valence-corrected chi connectivity index (χ1v) is 7.21. The molecule has 2 aliphatic heterocycles. The lowest BCUT2D eigenvalue weighted by Gasteiger charge is -2.36. The third kappa shape index (κ3) is 2.72. The van der Waals surface area contributed by atoms with Crippen molar-refractivity contribution >= 4 is 11.4 Å². The van der Waals surface area contributed by atoms with Gasteiger partial charge in [0.25, 0.3) is 0 Å². The lowest BCUT2D eigenvalue weighted by atomic mass is 10.1. The standard InChI is InChI=1S/C15H20N4O/c16-12-13-1-2-14(18-5-3-17-4-6-18)15(11-13)19-7-9-20-10-8-19/h1-2,11,17H,3-10H2. The molecule has 0 amide bonds. The van der Waals surface area contributed by atoms with E-state index in [2.05, 4.69) is 27.3 Å². The zero-order valence-electron chi connectivity index (χ0n) is 11.6. The van der Waals surface area contributed by atoms with Crippen molar-refractivity contribution in [3.8, 4) is 6.07 Å². The Hall–Kier alpha value is -1.77. The van der Waals surface area contributed by atoms with Crippen LogP contribution in [-0.2, 0) is 4.74 Å². The van der Waals surface area contributed by atoms with E-state index in [-0.39, 0.29) is 0 Å². The normalized spacial score (nSPS) is 19.8. The fourth-order valence-electron chi connectivity index (χ4n) is 2.82. The van der Waals surface area contributed by atoms with Gasteiger partial charge in [0, 0.05) is 39.3 Å². The predicted molar refractivity (Wildman–Crippen MR) is 79.3 cm³/mol. The van der Waals surface area contributed by atoms with Gasteiger partial charge in [-0.05, 0) is 18.2 Å². The van der Waals surface area contributed by atoms with E-state index in [1.54, 1.807) is 0 Å². The summed E-state index contributed by atoms with van der Waals surface area (Å²) in [5.41, 5.74) is 3.15. The quantitative estimate of drug-likeness (QED) is 0.863. The van der Waals surface area contributed by atoms with E-state index < -0.39 is 0 Å². The summed E-state index contributed by atoms with van der Waals surface area (Å²) in [5.74, 6) is 0. The van der Waals surface area contributed by atoms with Gasteiger partial charge in [-0.2, -0.15) is 5.26 Å². The van der Waals surface area contributed by atoms with Crippen molar-refractivity contribution in [3.63, 3.8) is 0 Å². The Morgan fingerprint density at radius 1 is 1.00 bits per heavy atom. The Morgan fingerprint density at radius 3 is 2.40 bits per heavy atom. The molecule has 2 fully saturated rings. The van der Waals surface area contributed by atoms with Crippen LogP contribution in [-0.4, -0.2) is 52.5 Å². The summed E-state index contributed by atoms with van der Waals surface area (Å²) in [4.78, 5) is 4.74. The number of hydrogen-bond acceptors (Lipinski definition) is 5. The molecule has 5 nitrogen and oxygen atoms in total. The molecule has 0 saturated carbocycles. The lowest BCUT2D eigenvalue weighted by molar-refractivity contribution is 0.122. The van der Waals surface area contributed by atoms with E-state index in [1.165, 1.54) is 11.4 Å². The van der Waals surface area contributed by atoms with Crippen LogP contribution in [0, 0.1) is 11.3 Å². The SMILES string of the molecule is N#Cc1ccc(N2CCNCC2)c(N2CCOCC2)c1. The smallest absolute Gasteiger partial charge is 0.0992 e. The molecule has 2 saturated heterocycles. The van der Waals surface area contributed by atoms with Gasteiger partial charge < -0.3 is 19.9 Å². The molecule has 106 valence electrons. The van der Waals surface area contributed by atoms with Gasteiger partial charge in [0.2, 0.25) is 0 Å². The molecule has 3 rings (SSSR count). The number of hydrogen-bond donors (Lipinski definition) is 1. The molecule has 0 spiro atoms.